The molecule has 0 aliphatic heterocycles. The molecule has 0 heterocycles. The summed E-state index contributed by atoms with van der Waals surface area (Å²) in [7, 11) is 0. The van der Waals surface area contributed by atoms with Gasteiger partial charge in [0.15, 0.2) is 0 Å². The lowest BCUT2D eigenvalue weighted by atomic mass is 10.2. The summed E-state index contributed by atoms with van der Waals surface area (Å²) in [5.41, 5.74) is 2.45. The number of halogens is 1. The zero-order valence-electron chi connectivity index (χ0n) is 13.7. The van der Waals surface area contributed by atoms with Crippen LogP contribution in [0.3, 0.4) is 0 Å². The molecule has 0 fully saturated rings. The number of esters is 1. The number of hydrogen-bond acceptors (Lipinski definition) is 3. The largest absolute Gasteiger partial charge is 0.488 e. The highest BCUT2D eigenvalue weighted by Gasteiger charge is 2.14. The van der Waals surface area contributed by atoms with Crippen LogP contribution in [0.25, 0.3) is 0 Å². The van der Waals surface area contributed by atoms with E-state index >= 15 is 0 Å². The topological polar surface area (TPSA) is 35.5 Å². The number of carbonyl (C=O) groups excluding carboxylic acids is 1. The summed E-state index contributed by atoms with van der Waals surface area (Å²) in [6.07, 6.45) is 0. The van der Waals surface area contributed by atoms with Gasteiger partial charge in [-0.2, -0.15) is 0 Å². The van der Waals surface area contributed by atoms with E-state index in [2.05, 4.69) is 0 Å². The number of para-hydroxylation sites is 1. The summed E-state index contributed by atoms with van der Waals surface area (Å²) in [4.78, 5) is 12.5. The molecule has 3 aromatic rings. The maximum Gasteiger partial charge on any atom is 0.347 e. The molecule has 3 nitrogen and oxygen atoms in total. The highest BCUT2D eigenvalue weighted by Crippen LogP contribution is 2.22. The molecule has 3 aromatic carbocycles. The van der Waals surface area contributed by atoms with Crippen molar-refractivity contribution in [1.29, 1.82) is 0 Å². The summed E-state index contributed by atoms with van der Waals surface area (Å²) in [6, 6.07) is 21.7. The first-order chi connectivity index (χ1) is 12.1. The lowest BCUT2D eigenvalue weighted by molar-refractivity contribution is 0.0729. The highest BCUT2D eigenvalue weighted by molar-refractivity contribution is 6.30. The molecule has 0 aromatic heterocycles. The van der Waals surface area contributed by atoms with Gasteiger partial charge in [-0.15, -0.1) is 0 Å². The fourth-order valence-electron chi connectivity index (χ4n) is 2.27. The molecule has 0 bridgehead atoms. The van der Waals surface area contributed by atoms with Crippen molar-refractivity contribution in [2.45, 2.75) is 13.5 Å². The van der Waals surface area contributed by atoms with Crippen molar-refractivity contribution in [2.24, 2.45) is 0 Å². The van der Waals surface area contributed by atoms with Gasteiger partial charge in [0.05, 0.1) is 0 Å². The molecule has 0 N–H and O–H groups in total. The van der Waals surface area contributed by atoms with Gasteiger partial charge in [-0.05, 0) is 48.9 Å². The Labute approximate surface area is 151 Å². The molecular formula is C21H17ClO3. The average Bonchev–Trinajstić information content (AvgIpc) is 2.63. The Balaban J connectivity index is 1.72. The van der Waals surface area contributed by atoms with Gasteiger partial charge in [0.1, 0.15) is 23.7 Å². The standard InChI is InChI=1S/C21H17ClO3/c1-15-6-12-18(13-7-15)25-21(23)19-4-2-3-5-20(19)24-14-16-8-10-17(22)11-9-16/h2-13H,14H2,1H3. The highest BCUT2D eigenvalue weighted by atomic mass is 35.5. The van der Waals surface area contributed by atoms with Crippen LogP contribution in [0.5, 0.6) is 11.5 Å². The van der Waals surface area contributed by atoms with Crippen LogP contribution >= 0.6 is 11.6 Å². The molecule has 0 unspecified atom stereocenters. The number of aryl methyl sites for hydroxylation is 1. The second kappa shape index (κ2) is 7.86. The van der Waals surface area contributed by atoms with E-state index in [1.165, 1.54) is 0 Å². The molecular weight excluding hydrogens is 336 g/mol. The van der Waals surface area contributed by atoms with Crippen molar-refractivity contribution in [3.8, 4) is 11.5 Å². The molecule has 0 saturated carbocycles. The molecule has 4 heteroatoms. The van der Waals surface area contributed by atoms with Gasteiger partial charge < -0.3 is 9.47 Å². The SMILES string of the molecule is Cc1ccc(OC(=O)c2ccccc2OCc2ccc(Cl)cc2)cc1. The van der Waals surface area contributed by atoms with Crippen LogP contribution in [0.4, 0.5) is 0 Å². The quantitative estimate of drug-likeness (QED) is 0.452. The lowest BCUT2D eigenvalue weighted by Crippen LogP contribution is -2.11. The van der Waals surface area contributed by atoms with Crippen LogP contribution in [-0.2, 0) is 6.61 Å². The molecule has 0 radical (unpaired) electrons. The normalized spacial score (nSPS) is 10.3. The zero-order valence-corrected chi connectivity index (χ0v) is 14.5. The summed E-state index contributed by atoms with van der Waals surface area (Å²) < 4.78 is 11.2. The Hall–Kier alpha value is -2.78. The van der Waals surface area contributed by atoms with Crippen molar-refractivity contribution < 1.29 is 14.3 Å². The van der Waals surface area contributed by atoms with E-state index in [-0.39, 0.29) is 0 Å². The number of ether oxygens (including phenoxy) is 2. The zero-order chi connectivity index (χ0) is 17.6. The first-order valence-corrected chi connectivity index (χ1v) is 8.25. The minimum atomic E-state index is -0.449. The van der Waals surface area contributed by atoms with Gasteiger partial charge in [0.25, 0.3) is 0 Å². The Morgan fingerprint density at radius 1 is 0.920 bits per heavy atom. The number of hydrogen-bond donors (Lipinski definition) is 0. The minimum absolute atomic E-state index is 0.339. The van der Waals surface area contributed by atoms with Crippen LogP contribution in [0.15, 0.2) is 72.8 Å². The molecule has 0 atom stereocenters. The van der Waals surface area contributed by atoms with Gasteiger partial charge in [-0.1, -0.05) is 53.6 Å². The molecule has 3 rings (SSSR count). The van der Waals surface area contributed by atoms with Crippen LogP contribution in [0, 0.1) is 6.92 Å². The molecule has 0 aliphatic rings. The summed E-state index contributed by atoms with van der Waals surface area (Å²) >= 11 is 5.88. The van der Waals surface area contributed by atoms with Crippen molar-refractivity contribution in [2.75, 3.05) is 0 Å². The smallest absolute Gasteiger partial charge is 0.347 e. The molecule has 0 saturated heterocycles. The molecule has 25 heavy (non-hydrogen) atoms. The number of carbonyl (C=O) groups is 1. The van der Waals surface area contributed by atoms with Gasteiger partial charge in [-0.3, -0.25) is 0 Å². The Morgan fingerprint density at radius 2 is 1.60 bits per heavy atom. The number of benzene rings is 3. The van der Waals surface area contributed by atoms with Crippen molar-refractivity contribution >= 4 is 17.6 Å². The van der Waals surface area contributed by atoms with Crippen molar-refractivity contribution in [1.82, 2.24) is 0 Å². The van der Waals surface area contributed by atoms with Crippen molar-refractivity contribution in [3.05, 3.63) is 94.5 Å². The van der Waals surface area contributed by atoms with E-state index in [1.54, 1.807) is 42.5 Å². The first-order valence-electron chi connectivity index (χ1n) is 7.87. The maximum absolute atomic E-state index is 12.5. The van der Waals surface area contributed by atoms with Crippen molar-refractivity contribution in [3.63, 3.8) is 0 Å². The van der Waals surface area contributed by atoms with E-state index < -0.39 is 5.97 Å². The van der Waals surface area contributed by atoms with Gasteiger partial charge in [0.2, 0.25) is 0 Å². The van der Waals surface area contributed by atoms with Crippen LogP contribution in [0.1, 0.15) is 21.5 Å². The molecule has 0 amide bonds. The monoisotopic (exact) mass is 352 g/mol. The second-order valence-corrected chi connectivity index (χ2v) is 6.05. The van der Waals surface area contributed by atoms with Crippen LogP contribution in [-0.4, -0.2) is 5.97 Å². The third kappa shape index (κ3) is 4.61. The van der Waals surface area contributed by atoms with E-state index in [0.29, 0.717) is 28.7 Å². The average molecular weight is 353 g/mol. The number of rotatable bonds is 5. The van der Waals surface area contributed by atoms with E-state index in [1.807, 2.05) is 37.3 Å². The Bertz CT molecular complexity index is 855. The Morgan fingerprint density at radius 3 is 2.32 bits per heavy atom. The van der Waals surface area contributed by atoms with Gasteiger partial charge in [-0.25, -0.2) is 4.79 Å². The third-order valence-electron chi connectivity index (χ3n) is 3.65. The minimum Gasteiger partial charge on any atom is -0.488 e. The van der Waals surface area contributed by atoms with Gasteiger partial charge in [0, 0.05) is 5.02 Å². The van der Waals surface area contributed by atoms with Crippen LogP contribution < -0.4 is 9.47 Å². The van der Waals surface area contributed by atoms with E-state index in [9.17, 15) is 4.79 Å². The van der Waals surface area contributed by atoms with E-state index in [4.69, 9.17) is 21.1 Å². The predicted molar refractivity (Wildman–Crippen MR) is 98.4 cm³/mol. The third-order valence-corrected chi connectivity index (χ3v) is 3.90. The van der Waals surface area contributed by atoms with E-state index in [0.717, 1.165) is 11.1 Å². The second-order valence-electron chi connectivity index (χ2n) is 5.61. The molecule has 126 valence electrons. The first kappa shape index (κ1) is 17.1. The maximum atomic E-state index is 12.5. The van der Waals surface area contributed by atoms with Crippen LogP contribution in [0.2, 0.25) is 5.02 Å². The molecule has 0 spiro atoms. The fourth-order valence-corrected chi connectivity index (χ4v) is 2.40. The molecule has 0 aliphatic carbocycles. The predicted octanol–water partition coefficient (Wildman–Crippen LogP) is 5.45. The Kier molecular flexibility index (Phi) is 5.36. The lowest BCUT2D eigenvalue weighted by Gasteiger charge is -2.11. The van der Waals surface area contributed by atoms with Gasteiger partial charge >= 0.3 is 5.97 Å². The summed E-state index contributed by atoms with van der Waals surface area (Å²) in [5.74, 6) is 0.535. The summed E-state index contributed by atoms with van der Waals surface area (Å²) in [6.45, 7) is 2.32. The summed E-state index contributed by atoms with van der Waals surface area (Å²) in [5, 5.41) is 0.672. The fraction of sp³-hybridized carbons (Fsp3) is 0.0952.